The number of methoxy groups -OCH3 is 2. The summed E-state index contributed by atoms with van der Waals surface area (Å²) in [5.74, 6) is 2.39. The standard InChI is InChI=1S/C14H16N2O3/c1-17-11-6-12(18-2)8-13(7-11)19-14-5-3-4-10(9-15)16-14/h3-8H,9,15H2,1-2H3. The summed E-state index contributed by atoms with van der Waals surface area (Å²) in [5.41, 5.74) is 6.32. The first-order valence-electron chi connectivity index (χ1n) is 5.82. The maximum Gasteiger partial charge on any atom is 0.219 e. The van der Waals surface area contributed by atoms with E-state index in [1.165, 1.54) is 0 Å². The summed E-state index contributed by atoms with van der Waals surface area (Å²) in [6.45, 7) is 0.374. The lowest BCUT2D eigenvalue weighted by Crippen LogP contribution is -2.00. The Balaban J connectivity index is 2.26. The normalized spacial score (nSPS) is 10.1. The summed E-state index contributed by atoms with van der Waals surface area (Å²) in [6.07, 6.45) is 0. The minimum atomic E-state index is 0.374. The minimum Gasteiger partial charge on any atom is -0.496 e. The first kappa shape index (κ1) is 13.2. The number of nitrogens with two attached hydrogens (primary N) is 1. The summed E-state index contributed by atoms with van der Waals surface area (Å²) in [7, 11) is 3.18. The Morgan fingerprint density at radius 2 is 1.63 bits per heavy atom. The van der Waals surface area contributed by atoms with Gasteiger partial charge in [-0.05, 0) is 6.07 Å². The molecular formula is C14H16N2O3. The van der Waals surface area contributed by atoms with Gasteiger partial charge in [-0.3, -0.25) is 0 Å². The fourth-order valence-corrected chi connectivity index (χ4v) is 1.59. The molecule has 0 aliphatic heterocycles. The molecule has 0 aliphatic carbocycles. The van der Waals surface area contributed by atoms with Gasteiger partial charge in [0.1, 0.15) is 17.2 Å². The first-order chi connectivity index (χ1) is 9.25. The molecule has 0 saturated heterocycles. The van der Waals surface area contributed by atoms with Crippen LogP contribution in [0, 0.1) is 0 Å². The Bertz CT molecular complexity index is 536. The third-order valence-corrected chi connectivity index (χ3v) is 2.54. The second-order valence-electron chi connectivity index (χ2n) is 3.82. The Hall–Kier alpha value is -2.27. The van der Waals surface area contributed by atoms with Crippen molar-refractivity contribution >= 4 is 0 Å². The SMILES string of the molecule is COc1cc(OC)cc(Oc2cccc(CN)n2)c1. The third-order valence-electron chi connectivity index (χ3n) is 2.54. The molecule has 0 unspecified atom stereocenters. The highest BCUT2D eigenvalue weighted by molar-refractivity contribution is 5.43. The topological polar surface area (TPSA) is 66.6 Å². The molecule has 1 aromatic carbocycles. The van der Waals surface area contributed by atoms with Crippen LogP contribution in [0.1, 0.15) is 5.69 Å². The number of hydrogen-bond acceptors (Lipinski definition) is 5. The highest BCUT2D eigenvalue weighted by Gasteiger charge is 2.05. The van der Waals surface area contributed by atoms with Gasteiger partial charge in [0.05, 0.1) is 19.9 Å². The molecule has 0 saturated carbocycles. The second-order valence-corrected chi connectivity index (χ2v) is 3.82. The average molecular weight is 260 g/mol. The fourth-order valence-electron chi connectivity index (χ4n) is 1.59. The number of aromatic nitrogens is 1. The molecule has 5 nitrogen and oxygen atoms in total. The van der Waals surface area contributed by atoms with Crippen molar-refractivity contribution in [3.63, 3.8) is 0 Å². The number of hydrogen-bond donors (Lipinski definition) is 1. The smallest absolute Gasteiger partial charge is 0.219 e. The third kappa shape index (κ3) is 3.35. The van der Waals surface area contributed by atoms with Gasteiger partial charge < -0.3 is 19.9 Å². The zero-order valence-electron chi connectivity index (χ0n) is 10.9. The van der Waals surface area contributed by atoms with E-state index in [0.717, 1.165) is 5.69 Å². The van der Waals surface area contributed by atoms with Crippen LogP contribution in [0.4, 0.5) is 0 Å². The van der Waals surface area contributed by atoms with Crippen molar-refractivity contribution < 1.29 is 14.2 Å². The Morgan fingerprint density at radius 1 is 1.00 bits per heavy atom. The minimum absolute atomic E-state index is 0.374. The lowest BCUT2D eigenvalue weighted by molar-refractivity contribution is 0.385. The van der Waals surface area contributed by atoms with Crippen molar-refractivity contribution in [1.29, 1.82) is 0 Å². The first-order valence-corrected chi connectivity index (χ1v) is 5.82. The second kappa shape index (κ2) is 6.06. The van der Waals surface area contributed by atoms with E-state index >= 15 is 0 Å². The molecule has 100 valence electrons. The van der Waals surface area contributed by atoms with E-state index in [9.17, 15) is 0 Å². The number of ether oxygens (including phenoxy) is 3. The summed E-state index contributed by atoms with van der Waals surface area (Å²) in [4.78, 5) is 4.27. The number of nitrogens with zero attached hydrogens (tertiary/aromatic N) is 1. The molecule has 19 heavy (non-hydrogen) atoms. The summed E-state index contributed by atoms with van der Waals surface area (Å²) < 4.78 is 16.0. The lowest BCUT2D eigenvalue weighted by atomic mass is 10.3. The molecule has 1 heterocycles. The molecule has 2 aromatic rings. The quantitative estimate of drug-likeness (QED) is 0.893. The molecule has 2 rings (SSSR count). The molecule has 0 aliphatic rings. The maximum atomic E-state index is 5.68. The van der Waals surface area contributed by atoms with E-state index in [-0.39, 0.29) is 0 Å². The van der Waals surface area contributed by atoms with Crippen molar-refractivity contribution in [3.8, 4) is 23.1 Å². The van der Waals surface area contributed by atoms with Crippen LogP contribution in [0.15, 0.2) is 36.4 Å². The van der Waals surface area contributed by atoms with Crippen molar-refractivity contribution in [1.82, 2.24) is 4.98 Å². The average Bonchev–Trinajstić information content (AvgIpc) is 2.47. The lowest BCUT2D eigenvalue weighted by Gasteiger charge is -2.09. The van der Waals surface area contributed by atoms with Crippen LogP contribution in [0.25, 0.3) is 0 Å². The molecule has 0 spiro atoms. The Kier molecular flexibility index (Phi) is 4.20. The van der Waals surface area contributed by atoms with Gasteiger partial charge in [-0.25, -0.2) is 4.98 Å². The summed E-state index contributed by atoms with van der Waals surface area (Å²) in [5, 5.41) is 0. The van der Waals surface area contributed by atoms with E-state index in [2.05, 4.69) is 4.98 Å². The predicted molar refractivity (Wildman–Crippen MR) is 71.7 cm³/mol. The Morgan fingerprint density at radius 3 is 2.21 bits per heavy atom. The summed E-state index contributed by atoms with van der Waals surface area (Å²) >= 11 is 0. The molecule has 2 N–H and O–H groups in total. The van der Waals surface area contributed by atoms with E-state index in [0.29, 0.717) is 29.7 Å². The molecule has 0 bridgehead atoms. The zero-order chi connectivity index (χ0) is 13.7. The van der Waals surface area contributed by atoms with E-state index in [1.807, 2.05) is 12.1 Å². The van der Waals surface area contributed by atoms with Crippen LogP contribution in [-0.2, 0) is 6.54 Å². The molecule has 5 heteroatoms. The van der Waals surface area contributed by atoms with E-state index in [4.69, 9.17) is 19.9 Å². The monoisotopic (exact) mass is 260 g/mol. The molecule has 0 amide bonds. The van der Waals surface area contributed by atoms with E-state index < -0.39 is 0 Å². The molecule has 0 atom stereocenters. The van der Waals surface area contributed by atoms with Crippen LogP contribution in [0.2, 0.25) is 0 Å². The van der Waals surface area contributed by atoms with Gasteiger partial charge in [0.15, 0.2) is 0 Å². The molecular weight excluding hydrogens is 244 g/mol. The Labute approximate surface area is 111 Å². The van der Waals surface area contributed by atoms with Crippen molar-refractivity contribution in [2.45, 2.75) is 6.54 Å². The maximum absolute atomic E-state index is 5.68. The highest BCUT2D eigenvalue weighted by Crippen LogP contribution is 2.30. The van der Waals surface area contributed by atoms with Crippen LogP contribution in [0.3, 0.4) is 0 Å². The largest absolute Gasteiger partial charge is 0.496 e. The zero-order valence-corrected chi connectivity index (χ0v) is 10.9. The van der Waals surface area contributed by atoms with Gasteiger partial charge in [0, 0.05) is 30.8 Å². The summed E-state index contributed by atoms with van der Waals surface area (Å²) in [6, 6.07) is 10.8. The number of benzene rings is 1. The van der Waals surface area contributed by atoms with Gasteiger partial charge >= 0.3 is 0 Å². The van der Waals surface area contributed by atoms with Gasteiger partial charge in [-0.2, -0.15) is 0 Å². The van der Waals surface area contributed by atoms with Crippen LogP contribution in [0.5, 0.6) is 23.1 Å². The van der Waals surface area contributed by atoms with Gasteiger partial charge in [0.2, 0.25) is 5.88 Å². The van der Waals surface area contributed by atoms with Crippen molar-refractivity contribution in [3.05, 3.63) is 42.1 Å². The predicted octanol–water partition coefficient (Wildman–Crippen LogP) is 2.35. The van der Waals surface area contributed by atoms with Crippen LogP contribution in [-0.4, -0.2) is 19.2 Å². The highest BCUT2D eigenvalue weighted by atomic mass is 16.5. The van der Waals surface area contributed by atoms with Crippen molar-refractivity contribution in [2.24, 2.45) is 5.73 Å². The van der Waals surface area contributed by atoms with E-state index in [1.54, 1.807) is 38.5 Å². The van der Waals surface area contributed by atoms with Gasteiger partial charge in [-0.1, -0.05) is 6.07 Å². The number of rotatable bonds is 5. The van der Waals surface area contributed by atoms with Crippen molar-refractivity contribution in [2.75, 3.05) is 14.2 Å². The number of pyridine rings is 1. The molecule has 0 radical (unpaired) electrons. The molecule has 1 aromatic heterocycles. The van der Waals surface area contributed by atoms with Gasteiger partial charge in [-0.15, -0.1) is 0 Å². The molecule has 0 fully saturated rings. The van der Waals surface area contributed by atoms with Crippen LogP contribution < -0.4 is 19.9 Å². The van der Waals surface area contributed by atoms with Crippen LogP contribution >= 0.6 is 0 Å². The fraction of sp³-hybridized carbons (Fsp3) is 0.214. The van der Waals surface area contributed by atoms with Gasteiger partial charge in [0.25, 0.3) is 0 Å².